The van der Waals surface area contributed by atoms with E-state index in [0.29, 0.717) is 0 Å². The summed E-state index contributed by atoms with van der Waals surface area (Å²) in [4.78, 5) is 0. The topological polar surface area (TPSA) is 0 Å². The average molecular weight is 224 g/mol. The Morgan fingerprint density at radius 1 is 0.938 bits per heavy atom. The van der Waals surface area contributed by atoms with Gasteiger partial charge in [0.15, 0.2) is 0 Å². The van der Waals surface area contributed by atoms with Crippen LogP contribution in [0.2, 0.25) is 0 Å². The molecular weight excluding hydrogens is 192 g/mol. The molecule has 0 aliphatic rings. The number of unbranched alkanes of at least 4 members (excludes halogenated alkanes) is 2. The van der Waals surface area contributed by atoms with Gasteiger partial charge in [0.2, 0.25) is 0 Å². The zero-order valence-electron chi connectivity index (χ0n) is 12.1. The van der Waals surface area contributed by atoms with E-state index >= 15 is 0 Å². The van der Waals surface area contributed by atoms with Crippen LogP contribution in [0.4, 0.5) is 0 Å². The van der Waals surface area contributed by atoms with Crippen molar-refractivity contribution in [1.29, 1.82) is 0 Å². The Labute approximate surface area is 104 Å². The average Bonchev–Trinajstić information content (AvgIpc) is 2.24. The zero-order valence-corrected chi connectivity index (χ0v) is 12.1. The maximum Gasteiger partial charge on any atom is -0.0322 e. The quantitative estimate of drug-likeness (QED) is 0.341. The van der Waals surface area contributed by atoms with E-state index in [4.69, 9.17) is 0 Å². The Kier molecular flexibility index (Phi) is 9.77. The number of hydrogen-bond donors (Lipinski definition) is 0. The lowest BCUT2D eigenvalue weighted by Crippen LogP contribution is -2.17. The third-order valence-electron chi connectivity index (χ3n) is 3.61. The van der Waals surface area contributed by atoms with Gasteiger partial charge in [0.1, 0.15) is 0 Å². The van der Waals surface area contributed by atoms with E-state index < -0.39 is 0 Å². The third kappa shape index (κ3) is 7.09. The summed E-state index contributed by atoms with van der Waals surface area (Å²) in [6.45, 7) is 11.7. The molecule has 96 valence electrons. The second-order valence-electron chi connectivity index (χ2n) is 5.52. The number of rotatable bonds is 9. The molecule has 2 unspecified atom stereocenters. The van der Waals surface area contributed by atoms with Gasteiger partial charge in [-0.1, -0.05) is 72.5 Å². The van der Waals surface area contributed by atoms with Gasteiger partial charge >= 0.3 is 0 Å². The van der Waals surface area contributed by atoms with Crippen LogP contribution in [0.15, 0.2) is 12.2 Å². The molecule has 0 radical (unpaired) electrons. The first kappa shape index (κ1) is 15.7. The Hall–Kier alpha value is -0.260. The highest BCUT2D eigenvalue weighted by molar-refractivity contribution is 4.85. The van der Waals surface area contributed by atoms with E-state index in [0.717, 1.165) is 17.8 Å². The Morgan fingerprint density at radius 2 is 1.62 bits per heavy atom. The fraction of sp³-hybridized carbons (Fsp3) is 0.875. The number of hydrogen-bond acceptors (Lipinski definition) is 0. The van der Waals surface area contributed by atoms with Crippen molar-refractivity contribution < 1.29 is 0 Å². The van der Waals surface area contributed by atoms with Crippen LogP contribution >= 0.6 is 0 Å². The van der Waals surface area contributed by atoms with Crippen LogP contribution in [-0.2, 0) is 0 Å². The second kappa shape index (κ2) is 9.93. The molecule has 0 aliphatic heterocycles. The monoisotopic (exact) mass is 224 g/mol. The fourth-order valence-electron chi connectivity index (χ4n) is 2.53. The largest absolute Gasteiger partial charge is 0.0885 e. The molecule has 0 bridgehead atoms. The molecule has 0 amide bonds. The molecule has 0 aromatic rings. The SMILES string of the molecule is CCCCC=CCC(C)C(CCC)C(C)C. The second-order valence-corrected chi connectivity index (χ2v) is 5.52. The van der Waals surface area contributed by atoms with Gasteiger partial charge in [-0.2, -0.15) is 0 Å². The molecule has 0 N–H and O–H groups in total. The summed E-state index contributed by atoms with van der Waals surface area (Å²) in [5.74, 6) is 2.58. The summed E-state index contributed by atoms with van der Waals surface area (Å²) in [5.41, 5.74) is 0. The molecule has 0 rings (SSSR count). The van der Waals surface area contributed by atoms with Crippen molar-refractivity contribution in [2.24, 2.45) is 17.8 Å². The van der Waals surface area contributed by atoms with Crippen molar-refractivity contribution in [3.8, 4) is 0 Å². The summed E-state index contributed by atoms with van der Waals surface area (Å²) in [6.07, 6.45) is 12.7. The van der Waals surface area contributed by atoms with Crippen LogP contribution in [0.3, 0.4) is 0 Å². The van der Waals surface area contributed by atoms with Crippen molar-refractivity contribution >= 4 is 0 Å². The van der Waals surface area contributed by atoms with Gasteiger partial charge in [-0.3, -0.25) is 0 Å². The van der Waals surface area contributed by atoms with E-state index in [1.807, 2.05) is 0 Å². The Balaban J connectivity index is 3.90. The number of allylic oxidation sites excluding steroid dienone is 2. The molecule has 0 heterocycles. The lowest BCUT2D eigenvalue weighted by Gasteiger charge is -2.26. The van der Waals surface area contributed by atoms with Crippen LogP contribution < -0.4 is 0 Å². The summed E-state index contributed by atoms with van der Waals surface area (Å²) < 4.78 is 0. The standard InChI is InChI=1S/C16H32/c1-6-8-9-10-11-13-15(5)16(12-7-2)14(3)4/h10-11,14-16H,6-9,12-13H2,1-5H3. The molecule has 0 aromatic carbocycles. The van der Waals surface area contributed by atoms with Crippen LogP contribution in [-0.4, -0.2) is 0 Å². The van der Waals surface area contributed by atoms with Crippen molar-refractivity contribution in [3.05, 3.63) is 12.2 Å². The molecule has 0 aliphatic carbocycles. The van der Waals surface area contributed by atoms with Gasteiger partial charge < -0.3 is 0 Å². The predicted octanol–water partition coefficient (Wildman–Crippen LogP) is 5.83. The van der Waals surface area contributed by atoms with E-state index in [1.54, 1.807) is 0 Å². The molecule has 0 nitrogen and oxygen atoms in total. The van der Waals surface area contributed by atoms with E-state index in [-0.39, 0.29) is 0 Å². The Morgan fingerprint density at radius 3 is 2.12 bits per heavy atom. The summed E-state index contributed by atoms with van der Waals surface area (Å²) >= 11 is 0. The fourth-order valence-corrected chi connectivity index (χ4v) is 2.53. The first-order valence-corrected chi connectivity index (χ1v) is 7.28. The van der Waals surface area contributed by atoms with E-state index in [1.165, 1.54) is 38.5 Å². The van der Waals surface area contributed by atoms with Gasteiger partial charge in [-0.15, -0.1) is 0 Å². The van der Waals surface area contributed by atoms with Crippen molar-refractivity contribution in [2.45, 2.75) is 73.1 Å². The predicted molar refractivity (Wildman–Crippen MR) is 75.7 cm³/mol. The first-order chi connectivity index (χ1) is 7.63. The lowest BCUT2D eigenvalue weighted by atomic mass is 9.80. The van der Waals surface area contributed by atoms with Gasteiger partial charge in [0, 0.05) is 0 Å². The highest BCUT2D eigenvalue weighted by Gasteiger charge is 2.18. The smallest absolute Gasteiger partial charge is 0.0322 e. The minimum Gasteiger partial charge on any atom is -0.0885 e. The van der Waals surface area contributed by atoms with Crippen molar-refractivity contribution in [2.75, 3.05) is 0 Å². The van der Waals surface area contributed by atoms with Crippen molar-refractivity contribution in [1.82, 2.24) is 0 Å². The normalized spacial score (nSPS) is 15.9. The molecule has 0 aromatic heterocycles. The summed E-state index contributed by atoms with van der Waals surface area (Å²) in [5, 5.41) is 0. The summed E-state index contributed by atoms with van der Waals surface area (Å²) in [6, 6.07) is 0. The van der Waals surface area contributed by atoms with Crippen LogP contribution in [0, 0.1) is 17.8 Å². The minimum atomic E-state index is 0.832. The minimum absolute atomic E-state index is 0.832. The van der Waals surface area contributed by atoms with Gasteiger partial charge in [-0.25, -0.2) is 0 Å². The molecule has 16 heavy (non-hydrogen) atoms. The molecule has 0 saturated carbocycles. The van der Waals surface area contributed by atoms with Crippen molar-refractivity contribution in [3.63, 3.8) is 0 Å². The van der Waals surface area contributed by atoms with E-state index in [9.17, 15) is 0 Å². The van der Waals surface area contributed by atoms with Crippen LogP contribution in [0.25, 0.3) is 0 Å². The molecule has 0 fully saturated rings. The van der Waals surface area contributed by atoms with Crippen LogP contribution in [0.1, 0.15) is 73.1 Å². The van der Waals surface area contributed by atoms with Gasteiger partial charge in [0.25, 0.3) is 0 Å². The first-order valence-electron chi connectivity index (χ1n) is 7.28. The molecular formula is C16H32. The highest BCUT2D eigenvalue weighted by Crippen LogP contribution is 2.28. The van der Waals surface area contributed by atoms with Crippen LogP contribution in [0.5, 0.6) is 0 Å². The van der Waals surface area contributed by atoms with Gasteiger partial charge in [-0.05, 0) is 30.6 Å². The molecule has 2 atom stereocenters. The maximum absolute atomic E-state index is 2.42. The highest BCUT2D eigenvalue weighted by atomic mass is 14.2. The van der Waals surface area contributed by atoms with E-state index in [2.05, 4.69) is 46.8 Å². The summed E-state index contributed by atoms with van der Waals surface area (Å²) in [7, 11) is 0. The Bertz CT molecular complexity index is 167. The van der Waals surface area contributed by atoms with Gasteiger partial charge in [0.05, 0.1) is 0 Å². The zero-order chi connectivity index (χ0) is 12.4. The molecule has 0 spiro atoms. The lowest BCUT2D eigenvalue weighted by molar-refractivity contribution is 0.252. The maximum atomic E-state index is 2.42. The molecule has 0 heteroatoms. The molecule has 0 saturated heterocycles. The third-order valence-corrected chi connectivity index (χ3v) is 3.61.